The highest BCUT2D eigenvalue weighted by atomic mass is 16.5. The summed E-state index contributed by atoms with van der Waals surface area (Å²) in [5, 5.41) is 0. The van der Waals surface area contributed by atoms with Crippen LogP contribution in [0.3, 0.4) is 0 Å². The molecule has 1 aliphatic rings. The molecule has 4 heteroatoms. The molecule has 4 atom stereocenters. The smallest absolute Gasteiger partial charge is 0.226 e. The zero-order valence-electron chi connectivity index (χ0n) is 11.5. The van der Waals surface area contributed by atoms with Crippen LogP contribution < -0.4 is 5.73 Å². The molecule has 1 amide bonds. The standard InChI is InChI=1S/C13H26N2O2/c1-9-5-6-11(14)7-12(9)13(16)15(3)10(2)8-17-4/h9-12H,5-8,14H2,1-4H3. The van der Waals surface area contributed by atoms with Gasteiger partial charge in [-0.1, -0.05) is 6.92 Å². The van der Waals surface area contributed by atoms with E-state index in [-0.39, 0.29) is 23.9 Å². The lowest BCUT2D eigenvalue weighted by atomic mass is 9.77. The van der Waals surface area contributed by atoms with E-state index in [4.69, 9.17) is 10.5 Å². The molecule has 0 heterocycles. The quantitative estimate of drug-likeness (QED) is 0.807. The molecule has 0 aromatic rings. The number of rotatable bonds is 4. The third-order valence-electron chi connectivity index (χ3n) is 3.97. The third kappa shape index (κ3) is 3.68. The van der Waals surface area contributed by atoms with Crippen LogP contribution in [0, 0.1) is 11.8 Å². The molecule has 0 radical (unpaired) electrons. The summed E-state index contributed by atoms with van der Waals surface area (Å²) in [6, 6.07) is 0.309. The normalized spacial score (nSPS) is 31.0. The van der Waals surface area contributed by atoms with Crippen molar-refractivity contribution in [2.24, 2.45) is 17.6 Å². The molecule has 1 fully saturated rings. The van der Waals surface area contributed by atoms with Crippen LogP contribution in [0.1, 0.15) is 33.1 Å². The molecule has 4 unspecified atom stereocenters. The summed E-state index contributed by atoms with van der Waals surface area (Å²) in [5.41, 5.74) is 5.96. The summed E-state index contributed by atoms with van der Waals surface area (Å²) in [5.74, 6) is 0.750. The Balaban J connectivity index is 2.60. The number of nitrogens with two attached hydrogens (primary N) is 1. The van der Waals surface area contributed by atoms with Crippen molar-refractivity contribution in [2.45, 2.75) is 45.2 Å². The van der Waals surface area contributed by atoms with Crippen molar-refractivity contribution in [3.05, 3.63) is 0 Å². The zero-order chi connectivity index (χ0) is 13.0. The Morgan fingerprint density at radius 2 is 2.18 bits per heavy atom. The Hall–Kier alpha value is -0.610. The lowest BCUT2D eigenvalue weighted by molar-refractivity contribution is -0.140. The molecule has 1 rings (SSSR count). The van der Waals surface area contributed by atoms with Gasteiger partial charge in [0.25, 0.3) is 0 Å². The van der Waals surface area contributed by atoms with Crippen LogP contribution in [0.15, 0.2) is 0 Å². The Bertz CT molecular complexity index is 258. The Labute approximate surface area is 104 Å². The van der Waals surface area contributed by atoms with E-state index in [1.54, 1.807) is 7.11 Å². The van der Waals surface area contributed by atoms with Gasteiger partial charge < -0.3 is 15.4 Å². The number of ether oxygens (including phenoxy) is 1. The fourth-order valence-electron chi connectivity index (χ4n) is 2.53. The largest absolute Gasteiger partial charge is 0.383 e. The summed E-state index contributed by atoms with van der Waals surface area (Å²) in [6.07, 6.45) is 2.93. The maximum absolute atomic E-state index is 12.4. The van der Waals surface area contributed by atoms with Gasteiger partial charge in [-0.2, -0.15) is 0 Å². The number of hydrogen-bond donors (Lipinski definition) is 1. The molecular weight excluding hydrogens is 216 g/mol. The van der Waals surface area contributed by atoms with Crippen molar-refractivity contribution in [3.8, 4) is 0 Å². The Kier molecular flexibility index (Phi) is 5.40. The number of amides is 1. The average Bonchev–Trinajstić information content (AvgIpc) is 2.30. The fourth-order valence-corrected chi connectivity index (χ4v) is 2.53. The second-order valence-corrected chi connectivity index (χ2v) is 5.41. The summed E-state index contributed by atoms with van der Waals surface area (Å²) in [6.45, 7) is 4.74. The van der Waals surface area contributed by atoms with Gasteiger partial charge in [0.15, 0.2) is 0 Å². The van der Waals surface area contributed by atoms with E-state index < -0.39 is 0 Å². The van der Waals surface area contributed by atoms with Crippen LogP contribution >= 0.6 is 0 Å². The molecule has 1 aliphatic carbocycles. The van der Waals surface area contributed by atoms with Gasteiger partial charge in [-0.05, 0) is 32.1 Å². The highest BCUT2D eigenvalue weighted by Gasteiger charge is 2.34. The second-order valence-electron chi connectivity index (χ2n) is 5.41. The van der Waals surface area contributed by atoms with E-state index in [9.17, 15) is 4.79 Å². The predicted octanol–water partition coefficient (Wildman–Crippen LogP) is 1.24. The first-order chi connectivity index (χ1) is 7.97. The molecule has 2 N–H and O–H groups in total. The van der Waals surface area contributed by atoms with Crippen LogP contribution in [0.5, 0.6) is 0 Å². The van der Waals surface area contributed by atoms with Gasteiger partial charge in [0.05, 0.1) is 12.6 Å². The predicted molar refractivity (Wildman–Crippen MR) is 68.6 cm³/mol. The van der Waals surface area contributed by atoms with Crippen LogP contribution in [0.4, 0.5) is 0 Å². The van der Waals surface area contributed by atoms with Crippen LogP contribution in [0.25, 0.3) is 0 Å². The van der Waals surface area contributed by atoms with Crippen LogP contribution in [0.2, 0.25) is 0 Å². The lowest BCUT2D eigenvalue weighted by Gasteiger charge is -2.36. The van der Waals surface area contributed by atoms with E-state index in [1.807, 2.05) is 18.9 Å². The molecule has 0 bridgehead atoms. The molecule has 17 heavy (non-hydrogen) atoms. The molecule has 0 spiro atoms. The minimum Gasteiger partial charge on any atom is -0.383 e. The fraction of sp³-hybridized carbons (Fsp3) is 0.923. The van der Waals surface area contributed by atoms with Crippen molar-refractivity contribution < 1.29 is 9.53 Å². The van der Waals surface area contributed by atoms with Gasteiger partial charge in [-0.3, -0.25) is 4.79 Å². The molecule has 0 aromatic carbocycles. The van der Waals surface area contributed by atoms with Crippen LogP contribution in [-0.2, 0) is 9.53 Å². The minimum atomic E-state index is 0.0862. The lowest BCUT2D eigenvalue weighted by Crippen LogP contribution is -2.46. The number of carbonyl (C=O) groups excluding carboxylic acids is 1. The number of hydrogen-bond acceptors (Lipinski definition) is 3. The number of likely N-dealkylation sites (N-methyl/N-ethyl adjacent to an activating group) is 1. The number of methoxy groups -OCH3 is 1. The van der Waals surface area contributed by atoms with Gasteiger partial charge >= 0.3 is 0 Å². The van der Waals surface area contributed by atoms with Crippen molar-refractivity contribution in [3.63, 3.8) is 0 Å². The van der Waals surface area contributed by atoms with E-state index >= 15 is 0 Å². The molecule has 100 valence electrons. The average molecular weight is 242 g/mol. The summed E-state index contributed by atoms with van der Waals surface area (Å²) in [7, 11) is 3.52. The second kappa shape index (κ2) is 6.36. The molecule has 0 saturated heterocycles. The number of carbonyl (C=O) groups is 1. The third-order valence-corrected chi connectivity index (χ3v) is 3.97. The summed E-state index contributed by atoms with van der Waals surface area (Å²) in [4.78, 5) is 14.2. The first-order valence-electron chi connectivity index (χ1n) is 6.48. The molecule has 1 saturated carbocycles. The molecule has 0 aromatic heterocycles. The number of nitrogens with zero attached hydrogens (tertiary/aromatic N) is 1. The summed E-state index contributed by atoms with van der Waals surface area (Å²) >= 11 is 0. The minimum absolute atomic E-state index is 0.0862. The van der Waals surface area contributed by atoms with E-state index in [0.717, 1.165) is 19.3 Å². The van der Waals surface area contributed by atoms with Gasteiger partial charge in [0.1, 0.15) is 0 Å². The monoisotopic (exact) mass is 242 g/mol. The Morgan fingerprint density at radius 3 is 2.76 bits per heavy atom. The first-order valence-corrected chi connectivity index (χ1v) is 6.48. The highest BCUT2D eigenvalue weighted by Crippen LogP contribution is 2.30. The first kappa shape index (κ1) is 14.5. The maximum Gasteiger partial charge on any atom is 0.226 e. The SMILES string of the molecule is COCC(C)N(C)C(=O)C1CC(N)CCC1C. The zero-order valence-corrected chi connectivity index (χ0v) is 11.5. The van der Waals surface area contributed by atoms with Gasteiger partial charge in [0, 0.05) is 26.1 Å². The van der Waals surface area contributed by atoms with Gasteiger partial charge in [-0.15, -0.1) is 0 Å². The molecule has 0 aliphatic heterocycles. The maximum atomic E-state index is 12.4. The van der Waals surface area contributed by atoms with Crippen molar-refractivity contribution in [1.82, 2.24) is 4.90 Å². The molecular formula is C13H26N2O2. The summed E-state index contributed by atoms with van der Waals surface area (Å²) < 4.78 is 5.09. The van der Waals surface area contributed by atoms with Crippen molar-refractivity contribution in [2.75, 3.05) is 20.8 Å². The van der Waals surface area contributed by atoms with E-state index in [1.165, 1.54) is 0 Å². The van der Waals surface area contributed by atoms with Crippen molar-refractivity contribution >= 4 is 5.91 Å². The van der Waals surface area contributed by atoms with Crippen LogP contribution in [-0.4, -0.2) is 43.7 Å². The highest BCUT2D eigenvalue weighted by molar-refractivity contribution is 5.79. The van der Waals surface area contributed by atoms with E-state index in [2.05, 4.69) is 6.92 Å². The Morgan fingerprint density at radius 1 is 1.53 bits per heavy atom. The topological polar surface area (TPSA) is 55.6 Å². The van der Waals surface area contributed by atoms with E-state index in [0.29, 0.717) is 12.5 Å². The van der Waals surface area contributed by atoms with Crippen molar-refractivity contribution in [1.29, 1.82) is 0 Å². The van der Waals surface area contributed by atoms with Gasteiger partial charge in [-0.25, -0.2) is 0 Å². The molecule has 4 nitrogen and oxygen atoms in total. The van der Waals surface area contributed by atoms with Gasteiger partial charge in [0.2, 0.25) is 5.91 Å².